The summed E-state index contributed by atoms with van der Waals surface area (Å²) in [6.45, 7) is 2.75. The Balaban J connectivity index is 1.92. The maximum Gasteiger partial charge on any atom is 0.251 e. The van der Waals surface area contributed by atoms with Gasteiger partial charge in [0.25, 0.3) is 5.91 Å². The number of hydrogen-bond donors (Lipinski definition) is 1. The molecule has 1 aromatic rings. The normalized spacial score (nSPS) is 23.1. The molecule has 1 aromatic carbocycles. The number of hydrogen-bond acceptors (Lipinski definition) is 1. The molecule has 1 saturated carbocycles. The quantitative estimate of drug-likeness (QED) is 0.762. The van der Waals surface area contributed by atoms with Gasteiger partial charge in [-0.2, -0.15) is 0 Å². The highest BCUT2D eigenvalue weighted by atomic mass is 79.9. The second kappa shape index (κ2) is 6.89. The molecule has 1 N–H and O–H groups in total. The summed E-state index contributed by atoms with van der Waals surface area (Å²) in [6, 6.07) is 5.82. The molecular weight excluding hydrogens is 370 g/mol. The van der Waals surface area contributed by atoms with E-state index in [9.17, 15) is 4.79 Å². The molecule has 2 nitrogen and oxygen atoms in total. The van der Waals surface area contributed by atoms with Gasteiger partial charge in [0.1, 0.15) is 0 Å². The Morgan fingerprint density at radius 1 is 1.42 bits per heavy atom. The van der Waals surface area contributed by atoms with E-state index in [4.69, 9.17) is 0 Å². The first-order valence-corrected chi connectivity index (χ1v) is 8.45. The largest absolute Gasteiger partial charge is 0.352 e. The topological polar surface area (TPSA) is 29.1 Å². The number of carbonyl (C=O) groups is 1. The number of alkyl halides is 1. The molecule has 0 bridgehead atoms. The van der Waals surface area contributed by atoms with Crippen molar-refractivity contribution in [2.24, 2.45) is 5.92 Å². The van der Waals surface area contributed by atoms with Crippen LogP contribution in [-0.2, 0) is 0 Å². The van der Waals surface area contributed by atoms with E-state index < -0.39 is 0 Å². The van der Waals surface area contributed by atoms with Gasteiger partial charge in [-0.15, -0.1) is 0 Å². The second-order valence-electron chi connectivity index (χ2n) is 5.30. The minimum absolute atomic E-state index is 0.0375. The molecule has 0 radical (unpaired) electrons. The summed E-state index contributed by atoms with van der Waals surface area (Å²) in [7, 11) is 0. The van der Waals surface area contributed by atoms with Crippen molar-refractivity contribution in [3.63, 3.8) is 0 Å². The molecule has 0 heterocycles. The monoisotopic (exact) mass is 387 g/mol. The smallest absolute Gasteiger partial charge is 0.251 e. The average Bonchev–Trinajstić information content (AvgIpc) is 2.39. The van der Waals surface area contributed by atoms with Crippen molar-refractivity contribution in [2.45, 2.75) is 37.4 Å². The van der Waals surface area contributed by atoms with Crippen LogP contribution < -0.4 is 5.32 Å². The Morgan fingerprint density at radius 2 is 2.21 bits per heavy atom. The predicted octanol–water partition coefficient (Wildman–Crippen LogP) is 4.44. The minimum atomic E-state index is 0.0375. The molecule has 2 unspecified atom stereocenters. The van der Waals surface area contributed by atoms with Crippen LogP contribution in [0.25, 0.3) is 0 Å². The van der Waals surface area contributed by atoms with Gasteiger partial charge >= 0.3 is 0 Å². The predicted molar refractivity (Wildman–Crippen MR) is 85.9 cm³/mol. The van der Waals surface area contributed by atoms with E-state index in [1.807, 2.05) is 25.1 Å². The van der Waals surface area contributed by atoms with Crippen molar-refractivity contribution in [3.05, 3.63) is 33.8 Å². The summed E-state index contributed by atoms with van der Waals surface area (Å²) in [5.74, 6) is 0.644. The molecule has 0 aliphatic heterocycles. The van der Waals surface area contributed by atoms with Gasteiger partial charge in [0, 0.05) is 21.4 Å². The fourth-order valence-electron chi connectivity index (χ4n) is 2.58. The van der Waals surface area contributed by atoms with Gasteiger partial charge < -0.3 is 5.32 Å². The van der Waals surface area contributed by atoms with E-state index >= 15 is 0 Å². The lowest BCUT2D eigenvalue weighted by Crippen LogP contribution is -2.32. The van der Waals surface area contributed by atoms with Gasteiger partial charge in [-0.05, 0) is 49.8 Å². The lowest BCUT2D eigenvalue weighted by atomic mass is 9.89. The van der Waals surface area contributed by atoms with E-state index in [1.165, 1.54) is 19.3 Å². The molecule has 2 rings (SSSR count). The SMILES string of the molecule is Cc1ccc(Br)cc1C(=O)NCC1CCCC(Br)C1. The van der Waals surface area contributed by atoms with E-state index in [0.717, 1.165) is 28.6 Å². The molecule has 1 fully saturated rings. The van der Waals surface area contributed by atoms with E-state index in [1.54, 1.807) is 0 Å². The van der Waals surface area contributed by atoms with Gasteiger partial charge in [-0.1, -0.05) is 44.3 Å². The number of rotatable bonds is 3. The number of benzene rings is 1. The van der Waals surface area contributed by atoms with Crippen LogP contribution in [0, 0.1) is 12.8 Å². The molecule has 19 heavy (non-hydrogen) atoms. The van der Waals surface area contributed by atoms with Gasteiger partial charge in [0.05, 0.1) is 0 Å². The molecule has 1 aliphatic rings. The zero-order valence-electron chi connectivity index (χ0n) is 11.1. The molecular formula is C15H19Br2NO. The molecule has 0 saturated heterocycles. The third kappa shape index (κ3) is 4.32. The highest BCUT2D eigenvalue weighted by Crippen LogP contribution is 2.28. The van der Waals surface area contributed by atoms with Crippen LogP contribution in [0.5, 0.6) is 0 Å². The molecule has 1 amide bonds. The lowest BCUT2D eigenvalue weighted by Gasteiger charge is -2.25. The molecule has 4 heteroatoms. The van der Waals surface area contributed by atoms with E-state index in [-0.39, 0.29) is 5.91 Å². The number of halogens is 2. The van der Waals surface area contributed by atoms with Crippen LogP contribution in [0.1, 0.15) is 41.6 Å². The Kier molecular flexibility index (Phi) is 5.46. The summed E-state index contributed by atoms with van der Waals surface area (Å²) in [4.78, 5) is 12.8. The number of aryl methyl sites for hydroxylation is 1. The van der Waals surface area contributed by atoms with Crippen molar-refractivity contribution in [1.29, 1.82) is 0 Å². The maximum absolute atomic E-state index is 12.2. The summed E-state index contributed by atoms with van der Waals surface area (Å²) in [5.41, 5.74) is 1.78. The van der Waals surface area contributed by atoms with Gasteiger partial charge in [0.2, 0.25) is 0 Å². The average molecular weight is 389 g/mol. The van der Waals surface area contributed by atoms with Crippen LogP contribution in [0.15, 0.2) is 22.7 Å². The highest BCUT2D eigenvalue weighted by Gasteiger charge is 2.20. The summed E-state index contributed by atoms with van der Waals surface area (Å²) >= 11 is 7.10. The van der Waals surface area contributed by atoms with Crippen molar-refractivity contribution < 1.29 is 4.79 Å². The molecule has 0 spiro atoms. The Morgan fingerprint density at radius 3 is 2.95 bits per heavy atom. The van der Waals surface area contributed by atoms with E-state index in [0.29, 0.717) is 10.7 Å². The fraction of sp³-hybridized carbons (Fsp3) is 0.533. The first kappa shape index (κ1) is 15.0. The maximum atomic E-state index is 12.2. The zero-order chi connectivity index (χ0) is 13.8. The Labute approximate surface area is 131 Å². The van der Waals surface area contributed by atoms with Gasteiger partial charge in [-0.3, -0.25) is 4.79 Å². The van der Waals surface area contributed by atoms with E-state index in [2.05, 4.69) is 37.2 Å². The van der Waals surface area contributed by atoms with Crippen LogP contribution in [-0.4, -0.2) is 17.3 Å². The standard InChI is InChI=1S/C15H19Br2NO/c1-10-5-6-13(17)8-14(10)15(19)18-9-11-3-2-4-12(16)7-11/h5-6,8,11-12H,2-4,7,9H2,1H3,(H,18,19). The van der Waals surface area contributed by atoms with Crippen LogP contribution in [0.4, 0.5) is 0 Å². The molecule has 1 aliphatic carbocycles. The van der Waals surface area contributed by atoms with Crippen molar-refractivity contribution >= 4 is 37.8 Å². The second-order valence-corrected chi connectivity index (χ2v) is 7.51. The zero-order valence-corrected chi connectivity index (χ0v) is 14.3. The van der Waals surface area contributed by atoms with Crippen molar-refractivity contribution in [2.75, 3.05) is 6.54 Å². The highest BCUT2D eigenvalue weighted by molar-refractivity contribution is 9.10. The summed E-state index contributed by atoms with van der Waals surface area (Å²) < 4.78 is 0.946. The summed E-state index contributed by atoms with van der Waals surface area (Å²) in [6.07, 6.45) is 4.90. The van der Waals surface area contributed by atoms with Gasteiger partial charge in [-0.25, -0.2) is 0 Å². The van der Waals surface area contributed by atoms with Crippen LogP contribution >= 0.6 is 31.9 Å². The number of nitrogens with one attached hydrogen (secondary N) is 1. The summed E-state index contributed by atoms with van der Waals surface area (Å²) in [5, 5.41) is 3.08. The molecule has 104 valence electrons. The third-order valence-corrected chi connectivity index (χ3v) is 5.04. The van der Waals surface area contributed by atoms with Crippen molar-refractivity contribution in [3.8, 4) is 0 Å². The number of carbonyl (C=O) groups excluding carboxylic acids is 1. The number of amides is 1. The molecule has 0 aromatic heterocycles. The minimum Gasteiger partial charge on any atom is -0.352 e. The van der Waals surface area contributed by atoms with Crippen LogP contribution in [0.2, 0.25) is 0 Å². The van der Waals surface area contributed by atoms with Crippen molar-refractivity contribution in [1.82, 2.24) is 5.32 Å². The lowest BCUT2D eigenvalue weighted by molar-refractivity contribution is 0.0943. The Hall–Kier alpha value is -0.350. The third-order valence-electron chi connectivity index (χ3n) is 3.71. The first-order chi connectivity index (χ1) is 9.06. The first-order valence-electron chi connectivity index (χ1n) is 6.74. The fourth-order valence-corrected chi connectivity index (χ4v) is 3.80. The van der Waals surface area contributed by atoms with Crippen LogP contribution in [0.3, 0.4) is 0 Å². The van der Waals surface area contributed by atoms with Gasteiger partial charge in [0.15, 0.2) is 0 Å². The Bertz CT molecular complexity index is 461. The molecule has 2 atom stereocenters.